The molecule has 1 saturated heterocycles. The molecule has 4 atom stereocenters. The molecule has 0 spiro atoms. The lowest BCUT2D eigenvalue weighted by Gasteiger charge is -2.29. The average Bonchev–Trinajstić information content (AvgIpc) is 2.88. The summed E-state index contributed by atoms with van der Waals surface area (Å²) in [6.07, 6.45) is 8.38. The fourth-order valence-electron chi connectivity index (χ4n) is 2.86. The minimum atomic E-state index is -0.270. The third-order valence-electron chi connectivity index (χ3n) is 3.97. The third kappa shape index (κ3) is 3.62. The molecule has 0 aromatic carbocycles. The molecule has 2 unspecified atom stereocenters. The van der Waals surface area contributed by atoms with Gasteiger partial charge in [0.15, 0.2) is 0 Å². The van der Waals surface area contributed by atoms with E-state index in [0.29, 0.717) is 17.8 Å². The maximum absolute atomic E-state index is 12.1. The Morgan fingerprint density at radius 1 is 1.39 bits per heavy atom. The molecule has 1 aliphatic carbocycles. The van der Waals surface area contributed by atoms with Gasteiger partial charge in [-0.2, -0.15) is 11.8 Å². The average molecular weight is 272 g/mol. The van der Waals surface area contributed by atoms with Crippen LogP contribution in [0.2, 0.25) is 0 Å². The van der Waals surface area contributed by atoms with Crippen LogP contribution in [-0.2, 0) is 9.53 Å². The maximum Gasteiger partial charge on any atom is 0.249 e. The quantitative estimate of drug-likeness (QED) is 0.809. The van der Waals surface area contributed by atoms with Gasteiger partial charge >= 0.3 is 0 Å². The van der Waals surface area contributed by atoms with Gasteiger partial charge in [0, 0.05) is 17.8 Å². The van der Waals surface area contributed by atoms with E-state index in [2.05, 4.69) is 11.6 Å². The number of hydrogen-bond donors (Lipinski definition) is 2. The molecule has 0 radical (unpaired) electrons. The van der Waals surface area contributed by atoms with Gasteiger partial charge in [0.05, 0.1) is 6.10 Å². The number of amides is 1. The van der Waals surface area contributed by atoms with Crippen molar-refractivity contribution in [2.75, 3.05) is 12.8 Å². The SMILES string of the molecule is CSC1CCCC(NC(=O)[C@@H]2CC[C@H](CN)O2)C1. The van der Waals surface area contributed by atoms with Crippen molar-refractivity contribution in [2.45, 2.75) is 62.0 Å². The highest BCUT2D eigenvalue weighted by molar-refractivity contribution is 7.99. The lowest BCUT2D eigenvalue weighted by Crippen LogP contribution is -2.44. The minimum absolute atomic E-state index is 0.0673. The Balaban J connectivity index is 1.77. The maximum atomic E-state index is 12.1. The summed E-state index contributed by atoms with van der Waals surface area (Å²) in [6.45, 7) is 0.516. The lowest BCUT2D eigenvalue weighted by molar-refractivity contribution is -0.132. The van der Waals surface area contributed by atoms with Gasteiger partial charge in [-0.15, -0.1) is 0 Å². The first-order valence-corrected chi connectivity index (χ1v) is 8.20. The summed E-state index contributed by atoms with van der Waals surface area (Å²) < 4.78 is 5.62. The largest absolute Gasteiger partial charge is 0.364 e. The Labute approximate surface area is 113 Å². The topological polar surface area (TPSA) is 64.4 Å². The van der Waals surface area contributed by atoms with Gasteiger partial charge in [0.2, 0.25) is 5.91 Å². The van der Waals surface area contributed by atoms with Crippen molar-refractivity contribution in [3.05, 3.63) is 0 Å². The summed E-state index contributed by atoms with van der Waals surface area (Å²) in [4.78, 5) is 12.1. The summed E-state index contributed by atoms with van der Waals surface area (Å²) in [7, 11) is 0. The molecule has 18 heavy (non-hydrogen) atoms. The van der Waals surface area contributed by atoms with E-state index >= 15 is 0 Å². The molecule has 2 fully saturated rings. The molecule has 1 heterocycles. The van der Waals surface area contributed by atoms with Gasteiger partial charge < -0.3 is 15.8 Å². The summed E-state index contributed by atoms with van der Waals surface area (Å²) >= 11 is 1.91. The molecule has 1 aliphatic heterocycles. The van der Waals surface area contributed by atoms with E-state index in [1.165, 1.54) is 12.8 Å². The molecule has 5 heteroatoms. The van der Waals surface area contributed by atoms with E-state index in [1.54, 1.807) is 0 Å². The highest BCUT2D eigenvalue weighted by Crippen LogP contribution is 2.27. The fourth-order valence-corrected chi connectivity index (χ4v) is 3.68. The molecule has 1 amide bonds. The summed E-state index contributed by atoms with van der Waals surface area (Å²) in [5, 5.41) is 3.85. The number of hydrogen-bond acceptors (Lipinski definition) is 4. The van der Waals surface area contributed by atoms with Crippen LogP contribution in [0.25, 0.3) is 0 Å². The van der Waals surface area contributed by atoms with Crippen LogP contribution in [0.3, 0.4) is 0 Å². The van der Waals surface area contributed by atoms with Crippen molar-refractivity contribution in [3.63, 3.8) is 0 Å². The summed E-state index contributed by atoms with van der Waals surface area (Å²) in [6, 6.07) is 0.337. The van der Waals surface area contributed by atoms with E-state index in [9.17, 15) is 4.79 Å². The molecule has 0 aromatic heterocycles. The number of carbonyl (C=O) groups excluding carboxylic acids is 1. The van der Waals surface area contributed by atoms with Crippen LogP contribution in [0.4, 0.5) is 0 Å². The van der Waals surface area contributed by atoms with Crippen molar-refractivity contribution in [3.8, 4) is 0 Å². The fraction of sp³-hybridized carbons (Fsp3) is 0.923. The van der Waals surface area contributed by atoms with Gasteiger partial charge in [0.1, 0.15) is 6.10 Å². The Bertz CT molecular complexity index is 288. The number of ether oxygens (including phenoxy) is 1. The molecule has 2 rings (SSSR count). The zero-order valence-corrected chi connectivity index (χ0v) is 11.9. The first-order valence-electron chi connectivity index (χ1n) is 6.91. The summed E-state index contributed by atoms with van der Waals surface area (Å²) in [5.41, 5.74) is 5.56. The van der Waals surface area contributed by atoms with Crippen LogP contribution >= 0.6 is 11.8 Å². The lowest BCUT2D eigenvalue weighted by atomic mass is 9.94. The summed E-state index contributed by atoms with van der Waals surface area (Å²) in [5.74, 6) is 0.0673. The predicted octanol–water partition coefficient (Wildman–Crippen LogP) is 1.28. The van der Waals surface area contributed by atoms with Crippen LogP contribution in [0.5, 0.6) is 0 Å². The molecule has 0 bridgehead atoms. The van der Waals surface area contributed by atoms with E-state index in [4.69, 9.17) is 10.5 Å². The van der Waals surface area contributed by atoms with E-state index < -0.39 is 0 Å². The van der Waals surface area contributed by atoms with Crippen molar-refractivity contribution in [1.29, 1.82) is 0 Å². The number of rotatable bonds is 4. The normalized spacial score (nSPS) is 36.6. The Morgan fingerprint density at radius 3 is 2.89 bits per heavy atom. The Hall–Kier alpha value is -0.260. The van der Waals surface area contributed by atoms with E-state index in [1.807, 2.05) is 11.8 Å². The minimum Gasteiger partial charge on any atom is -0.364 e. The highest BCUT2D eigenvalue weighted by atomic mass is 32.2. The smallest absolute Gasteiger partial charge is 0.249 e. The van der Waals surface area contributed by atoms with Crippen LogP contribution < -0.4 is 11.1 Å². The van der Waals surface area contributed by atoms with Crippen LogP contribution in [0.15, 0.2) is 0 Å². The second kappa shape index (κ2) is 6.78. The first kappa shape index (κ1) is 14.2. The first-order chi connectivity index (χ1) is 8.72. The molecule has 3 N–H and O–H groups in total. The Morgan fingerprint density at radius 2 is 2.22 bits per heavy atom. The monoisotopic (exact) mass is 272 g/mol. The van der Waals surface area contributed by atoms with Gasteiger partial charge in [0.25, 0.3) is 0 Å². The van der Waals surface area contributed by atoms with Crippen LogP contribution in [0, 0.1) is 0 Å². The Kier molecular flexibility index (Phi) is 5.33. The van der Waals surface area contributed by atoms with Crippen LogP contribution in [0.1, 0.15) is 38.5 Å². The standard InChI is InChI=1S/C13H24N2O2S/c1-18-11-4-2-3-9(7-11)15-13(16)12-6-5-10(8-14)17-12/h9-12H,2-8,14H2,1H3,(H,15,16)/t9?,10-,11?,12+/m1/s1. The van der Waals surface area contributed by atoms with E-state index in [-0.39, 0.29) is 18.1 Å². The molecule has 0 aromatic rings. The zero-order valence-electron chi connectivity index (χ0n) is 11.1. The second-order valence-electron chi connectivity index (χ2n) is 5.29. The van der Waals surface area contributed by atoms with Crippen molar-refractivity contribution < 1.29 is 9.53 Å². The number of carbonyl (C=O) groups is 1. The number of nitrogens with one attached hydrogen (secondary N) is 1. The van der Waals surface area contributed by atoms with Gasteiger partial charge in [-0.05, 0) is 38.4 Å². The second-order valence-corrected chi connectivity index (χ2v) is 6.43. The zero-order chi connectivity index (χ0) is 13.0. The van der Waals surface area contributed by atoms with Gasteiger partial charge in [-0.1, -0.05) is 6.42 Å². The van der Waals surface area contributed by atoms with E-state index in [0.717, 1.165) is 25.7 Å². The van der Waals surface area contributed by atoms with Gasteiger partial charge in [-0.25, -0.2) is 0 Å². The molecular formula is C13H24N2O2S. The molecule has 104 valence electrons. The molecule has 2 aliphatic rings. The third-order valence-corrected chi connectivity index (χ3v) is 5.06. The molecule has 4 nitrogen and oxygen atoms in total. The van der Waals surface area contributed by atoms with Crippen molar-refractivity contribution >= 4 is 17.7 Å². The van der Waals surface area contributed by atoms with Crippen LogP contribution in [-0.4, -0.2) is 42.2 Å². The van der Waals surface area contributed by atoms with Gasteiger partial charge in [-0.3, -0.25) is 4.79 Å². The number of thioether (sulfide) groups is 1. The van der Waals surface area contributed by atoms with Crippen molar-refractivity contribution in [2.24, 2.45) is 5.73 Å². The highest BCUT2D eigenvalue weighted by Gasteiger charge is 2.32. The number of nitrogens with two attached hydrogens (primary N) is 1. The predicted molar refractivity (Wildman–Crippen MR) is 74.7 cm³/mol. The molecular weight excluding hydrogens is 248 g/mol. The van der Waals surface area contributed by atoms with Crippen molar-refractivity contribution in [1.82, 2.24) is 5.32 Å². The molecule has 1 saturated carbocycles.